The van der Waals surface area contributed by atoms with Crippen molar-refractivity contribution in [1.29, 1.82) is 0 Å². The van der Waals surface area contributed by atoms with Crippen LogP contribution in [0.2, 0.25) is 0 Å². The van der Waals surface area contributed by atoms with E-state index in [0.717, 1.165) is 11.1 Å². The molecule has 0 atom stereocenters. The molecule has 0 unspecified atom stereocenters. The van der Waals surface area contributed by atoms with Gasteiger partial charge in [0.25, 0.3) is 0 Å². The van der Waals surface area contributed by atoms with E-state index in [0.29, 0.717) is 12.8 Å². The van der Waals surface area contributed by atoms with E-state index in [1.807, 2.05) is 24.3 Å². The summed E-state index contributed by atoms with van der Waals surface area (Å²) in [4.78, 5) is 35.7. The minimum absolute atomic E-state index is 0.166. The molecule has 2 amide bonds. The maximum atomic E-state index is 12.3. The number of fused-ring (bicyclic) bond motifs is 1. The molecule has 3 rings (SSSR count). The summed E-state index contributed by atoms with van der Waals surface area (Å²) in [6, 6.07) is 7.56. The molecular formula is C15H16NO4+. The van der Waals surface area contributed by atoms with Gasteiger partial charge in [-0.15, -0.1) is 0 Å². The lowest BCUT2D eigenvalue weighted by molar-refractivity contribution is -0.792. The molecule has 5 nitrogen and oxygen atoms in total. The lowest BCUT2D eigenvalue weighted by Crippen LogP contribution is -2.61. The highest BCUT2D eigenvalue weighted by Gasteiger charge is 2.57. The van der Waals surface area contributed by atoms with Crippen LogP contribution in [-0.2, 0) is 27.2 Å². The molecule has 1 aromatic carbocycles. The number of carboxylic acids is 1. The summed E-state index contributed by atoms with van der Waals surface area (Å²) in [7, 11) is 0. The number of aliphatic carboxylic acids is 1. The minimum Gasteiger partial charge on any atom is -0.477 e. The molecule has 1 N–H and O–H groups in total. The Kier molecular flexibility index (Phi) is 2.94. The molecule has 1 fully saturated rings. The molecule has 104 valence electrons. The molecule has 0 radical (unpaired) electrons. The van der Waals surface area contributed by atoms with Crippen LogP contribution < -0.4 is 0 Å². The van der Waals surface area contributed by atoms with Gasteiger partial charge in [0.1, 0.15) is 6.04 Å². The number of imide groups is 1. The van der Waals surface area contributed by atoms with E-state index in [2.05, 4.69) is 0 Å². The largest absolute Gasteiger partial charge is 0.477 e. The lowest BCUT2D eigenvalue weighted by Gasteiger charge is -2.33. The van der Waals surface area contributed by atoms with Gasteiger partial charge in [-0.25, -0.2) is 14.4 Å². The van der Waals surface area contributed by atoms with Crippen LogP contribution >= 0.6 is 0 Å². The molecule has 1 aliphatic carbocycles. The SMILES string of the molecule is O=C(O)C[N+]1(C2Cc3ccccc3C2)C(=O)CCC1=O. The van der Waals surface area contributed by atoms with Crippen LogP contribution in [0.3, 0.4) is 0 Å². The second-order valence-corrected chi connectivity index (χ2v) is 5.54. The van der Waals surface area contributed by atoms with Gasteiger partial charge in [0.15, 0.2) is 6.54 Å². The molecule has 0 aromatic heterocycles. The number of rotatable bonds is 3. The van der Waals surface area contributed by atoms with Gasteiger partial charge >= 0.3 is 17.8 Å². The van der Waals surface area contributed by atoms with Crippen molar-refractivity contribution in [2.75, 3.05) is 6.54 Å². The predicted molar refractivity (Wildman–Crippen MR) is 69.6 cm³/mol. The van der Waals surface area contributed by atoms with Gasteiger partial charge in [-0.2, -0.15) is 4.48 Å². The van der Waals surface area contributed by atoms with Crippen molar-refractivity contribution in [2.24, 2.45) is 0 Å². The number of nitrogens with zero attached hydrogens (tertiary/aromatic N) is 1. The van der Waals surface area contributed by atoms with Gasteiger partial charge in [-0.3, -0.25) is 0 Å². The molecule has 0 bridgehead atoms. The second kappa shape index (κ2) is 4.52. The van der Waals surface area contributed by atoms with Gasteiger partial charge < -0.3 is 5.11 Å². The van der Waals surface area contributed by atoms with Gasteiger partial charge in [0.05, 0.1) is 12.8 Å². The fourth-order valence-corrected chi connectivity index (χ4v) is 3.53. The summed E-state index contributed by atoms with van der Waals surface area (Å²) in [6.07, 6.45) is 1.53. The predicted octanol–water partition coefficient (Wildman–Crippen LogP) is 0.902. The van der Waals surface area contributed by atoms with E-state index < -0.39 is 17.0 Å². The zero-order chi connectivity index (χ0) is 14.3. The quantitative estimate of drug-likeness (QED) is 0.656. The zero-order valence-electron chi connectivity index (χ0n) is 11.0. The lowest BCUT2D eigenvalue weighted by atomic mass is 10.1. The summed E-state index contributed by atoms with van der Waals surface area (Å²) in [5.74, 6) is -1.57. The van der Waals surface area contributed by atoms with E-state index in [1.165, 1.54) is 0 Å². The van der Waals surface area contributed by atoms with Crippen LogP contribution in [0.4, 0.5) is 0 Å². The van der Waals surface area contributed by atoms with Crippen molar-refractivity contribution in [2.45, 2.75) is 31.7 Å². The third-order valence-corrected chi connectivity index (χ3v) is 4.48. The van der Waals surface area contributed by atoms with Crippen molar-refractivity contribution in [3.05, 3.63) is 35.4 Å². The van der Waals surface area contributed by atoms with Crippen molar-refractivity contribution in [3.63, 3.8) is 0 Å². The van der Waals surface area contributed by atoms with Gasteiger partial charge in [0, 0.05) is 12.8 Å². The van der Waals surface area contributed by atoms with Crippen molar-refractivity contribution in [1.82, 2.24) is 0 Å². The third kappa shape index (κ3) is 1.78. The third-order valence-electron chi connectivity index (χ3n) is 4.48. The van der Waals surface area contributed by atoms with Gasteiger partial charge in [-0.1, -0.05) is 24.3 Å². The molecular weight excluding hydrogens is 258 g/mol. The first-order valence-electron chi connectivity index (χ1n) is 6.77. The maximum Gasteiger partial charge on any atom is 0.360 e. The summed E-state index contributed by atoms with van der Waals surface area (Å²) < 4.78 is -0.496. The number of likely N-dealkylation sites (tertiary alicyclic amines) is 1. The van der Waals surface area contributed by atoms with Crippen LogP contribution in [0.1, 0.15) is 24.0 Å². The summed E-state index contributed by atoms with van der Waals surface area (Å²) in [6.45, 7) is -0.420. The molecule has 1 heterocycles. The summed E-state index contributed by atoms with van der Waals surface area (Å²) >= 11 is 0. The topological polar surface area (TPSA) is 71.4 Å². The summed E-state index contributed by atoms with van der Waals surface area (Å²) in [5, 5.41) is 9.13. The molecule has 2 aliphatic rings. The minimum atomic E-state index is -1.09. The first-order valence-corrected chi connectivity index (χ1v) is 6.77. The fourth-order valence-electron chi connectivity index (χ4n) is 3.53. The van der Waals surface area contributed by atoms with Crippen molar-refractivity contribution in [3.8, 4) is 0 Å². The van der Waals surface area contributed by atoms with Crippen LogP contribution in [0.25, 0.3) is 0 Å². The molecule has 1 saturated heterocycles. The van der Waals surface area contributed by atoms with Crippen molar-refractivity contribution >= 4 is 17.8 Å². The standard InChI is InChI=1S/C15H15NO4/c17-13-5-6-14(18)16(13,9-15(19)20)12-7-10-3-1-2-4-11(10)8-12/h1-4,12H,5-9H2/p+1. The number of carbonyl (C=O) groups excluding carboxylic acids is 2. The second-order valence-electron chi connectivity index (χ2n) is 5.54. The van der Waals surface area contributed by atoms with Crippen LogP contribution in [-0.4, -0.2) is 40.0 Å². The van der Waals surface area contributed by atoms with Gasteiger partial charge in [0.2, 0.25) is 0 Å². The Balaban J connectivity index is 1.99. The van der Waals surface area contributed by atoms with Crippen molar-refractivity contribution < 1.29 is 24.0 Å². The highest BCUT2D eigenvalue weighted by atomic mass is 16.4. The van der Waals surface area contributed by atoms with E-state index in [9.17, 15) is 14.4 Å². The van der Waals surface area contributed by atoms with Gasteiger partial charge in [-0.05, 0) is 11.1 Å². The molecule has 1 aliphatic heterocycles. The molecule has 20 heavy (non-hydrogen) atoms. The number of carbonyl (C=O) groups is 3. The number of hydrogen-bond acceptors (Lipinski definition) is 3. The highest BCUT2D eigenvalue weighted by Crippen LogP contribution is 2.35. The Morgan fingerprint density at radius 1 is 1.10 bits per heavy atom. The van der Waals surface area contributed by atoms with Crippen LogP contribution in [0.5, 0.6) is 0 Å². The zero-order valence-corrected chi connectivity index (χ0v) is 11.0. The number of amides is 2. The Bertz CT molecular complexity index is 567. The average Bonchev–Trinajstić information content (AvgIpc) is 2.95. The monoisotopic (exact) mass is 274 g/mol. The number of carboxylic acid groups (broad SMARTS) is 1. The van der Waals surface area contributed by atoms with Crippen LogP contribution in [0, 0.1) is 0 Å². The average molecular weight is 274 g/mol. The Hall–Kier alpha value is -2.01. The van der Waals surface area contributed by atoms with E-state index >= 15 is 0 Å². The molecule has 1 aromatic rings. The Morgan fingerprint density at radius 2 is 1.60 bits per heavy atom. The van der Waals surface area contributed by atoms with E-state index in [-0.39, 0.29) is 30.7 Å². The van der Waals surface area contributed by atoms with E-state index in [1.54, 1.807) is 0 Å². The number of benzene rings is 1. The highest BCUT2D eigenvalue weighted by molar-refractivity contribution is 5.94. The maximum absolute atomic E-state index is 12.3. The molecule has 0 saturated carbocycles. The van der Waals surface area contributed by atoms with E-state index in [4.69, 9.17) is 5.11 Å². The normalized spacial score (nSPS) is 21.2. The Labute approximate surface area is 116 Å². The molecule has 0 spiro atoms. The summed E-state index contributed by atoms with van der Waals surface area (Å²) in [5.41, 5.74) is 2.24. The molecule has 5 heteroatoms. The first-order chi connectivity index (χ1) is 9.54. The van der Waals surface area contributed by atoms with Crippen LogP contribution in [0.15, 0.2) is 24.3 Å². The Morgan fingerprint density at radius 3 is 2.05 bits per heavy atom. The smallest absolute Gasteiger partial charge is 0.360 e. The number of quaternary nitrogens is 1. The first kappa shape index (κ1) is 13.0. The number of hydrogen-bond donors (Lipinski definition) is 1. The fraction of sp³-hybridized carbons (Fsp3) is 0.400.